The summed E-state index contributed by atoms with van der Waals surface area (Å²) in [5.41, 5.74) is 0.346. The van der Waals surface area contributed by atoms with E-state index in [1.165, 1.54) is 12.1 Å². The Morgan fingerprint density at radius 2 is 1.64 bits per heavy atom. The van der Waals surface area contributed by atoms with E-state index in [2.05, 4.69) is 10.6 Å². The van der Waals surface area contributed by atoms with Gasteiger partial charge < -0.3 is 10.2 Å². The van der Waals surface area contributed by atoms with Gasteiger partial charge in [0.15, 0.2) is 0 Å². The lowest BCUT2D eigenvalue weighted by molar-refractivity contribution is -0.138. The van der Waals surface area contributed by atoms with E-state index < -0.39 is 23.7 Å². The van der Waals surface area contributed by atoms with Crippen LogP contribution in [0.2, 0.25) is 0 Å². The number of hydrogen-bond acceptors (Lipinski definition) is 3. The first-order valence-corrected chi connectivity index (χ1v) is 8.71. The van der Waals surface area contributed by atoms with Crippen LogP contribution in [0.3, 0.4) is 0 Å². The van der Waals surface area contributed by atoms with E-state index in [-0.39, 0.29) is 31.6 Å². The molecule has 2 aromatic carbocycles. The maximum atomic E-state index is 13.0. The standard InChI is InChI=1S/C20H22F3N3O2/c1-26(14-16-9-5-6-10-17(16)20(21,22)23)12-11-18(27)25-19(28)24-13-15-7-3-2-4-8-15/h2-10H,11-14H2,1H3,(H2,24,25,27,28). The fraction of sp³-hybridized carbons (Fsp3) is 0.300. The first kappa shape index (κ1) is 21.4. The summed E-state index contributed by atoms with van der Waals surface area (Å²) in [4.78, 5) is 25.2. The number of halogens is 3. The Balaban J connectivity index is 1.76. The molecule has 2 N–H and O–H groups in total. The van der Waals surface area contributed by atoms with Gasteiger partial charge in [0.2, 0.25) is 5.91 Å². The van der Waals surface area contributed by atoms with E-state index in [0.717, 1.165) is 11.6 Å². The zero-order valence-corrected chi connectivity index (χ0v) is 15.4. The lowest BCUT2D eigenvalue weighted by Crippen LogP contribution is -2.40. The predicted molar refractivity (Wildman–Crippen MR) is 99.2 cm³/mol. The first-order chi connectivity index (χ1) is 13.3. The highest BCUT2D eigenvalue weighted by atomic mass is 19.4. The number of benzene rings is 2. The summed E-state index contributed by atoms with van der Waals surface area (Å²) in [7, 11) is 1.62. The monoisotopic (exact) mass is 393 g/mol. The molecule has 0 heterocycles. The van der Waals surface area contributed by atoms with Crippen molar-refractivity contribution >= 4 is 11.9 Å². The minimum absolute atomic E-state index is 0.0105. The number of imide groups is 1. The maximum absolute atomic E-state index is 13.0. The van der Waals surface area contributed by atoms with Gasteiger partial charge in [0.1, 0.15) is 0 Å². The number of carbonyl (C=O) groups is 2. The van der Waals surface area contributed by atoms with Crippen molar-refractivity contribution in [2.24, 2.45) is 0 Å². The van der Waals surface area contributed by atoms with E-state index >= 15 is 0 Å². The van der Waals surface area contributed by atoms with Gasteiger partial charge in [0.25, 0.3) is 0 Å². The second kappa shape index (κ2) is 9.89. The molecular weight excluding hydrogens is 371 g/mol. The predicted octanol–water partition coefficient (Wildman–Crippen LogP) is 3.55. The van der Waals surface area contributed by atoms with Gasteiger partial charge in [-0.25, -0.2) is 4.79 Å². The van der Waals surface area contributed by atoms with Gasteiger partial charge in [-0.3, -0.25) is 10.1 Å². The van der Waals surface area contributed by atoms with Crippen LogP contribution in [0.1, 0.15) is 23.1 Å². The van der Waals surface area contributed by atoms with Crippen molar-refractivity contribution in [1.82, 2.24) is 15.5 Å². The van der Waals surface area contributed by atoms with Gasteiger partial charge in [-0.15, -0.1) is 0 Å². The number of nitrogens with zero attached hydrogens (tertiary/aromatic N) is 1. The molecule has 0 aliphatic rings. The van der Waals surface area contributed by atoms with E-state index in [9.17, 15) is 22.8 Å². The molecule has 0 atom stereocenters. The number of alkyl halides is 3. The Bertz CT molecular complexity index is 795. The van der Waals surface area contributed by atoms with Crippen LogP contribution < -0.4 is 10.6 Å². The third kappa shape index (κ3) is 7.03. The Morgan fingerprint density at radius 3 is 2.32 bits per heavy atom. The van der Waals surface area contributed by atoms with Gasteiger partial charge in [0.05, 0.1) is 5.56 Å². The molecule has 3 amide bonds. The second-order valence-electron chi connectivity index (χ2n) is 6.36. The molecule has 150 valence electrons. The Morgan fingerprint density at radius 1 is 1.00 bits per heavy atom. The molecule has 0 unspecified atom stereocenters. The van der Waals surface area contributed by atoms with E-state index in [1.54, 1.807) is 18.0 Å². The largest absolute Gasteiger partial charge is 0.416 e. The van der Waals surface area contributed by atoms with Crippen molar-refractivity contribution in [3.63, 3.8) is 0 Å². The summed E-state index contributed by atoms with van der Waals surface area (Å²) in [6.45, 7) is 0.543. The molecule has 2 rings (SSSR count). The van der Waals surface area contributed by atoms with Crippen molar-refractivity contribution in [1.29, 1.82) is 0 Å². The van der Waals surface area contributed by atoms with Gasteiger partial charge in [0, 0.05) is 26.1 Å². The molecule has 0 radical (unpaired) electrons. The summed E-state index contributed by atoms with van der Waals surface area (Å²) >= 11 is 0. The maximum Gasteiger partial charge on any atom is 0.416 e. The highest BCUT2D eigenvalue weighted by Gasteiger charge is 2.32. The summed E-state index contributed by atoms with van der Waals surface area (Å²) in [5, 5.41) is 4.78. The van der Waals surface area contributed by atoms with Crippen molar-refractivity contribution in [2.45, 2.75) is 25.7 Å². The third-order valence-corrected chi connectivity index (χ3v) is 4.03. The SMILES string of the molecule is CN(CCC(=O)NC(=O)NCc1ccccc1)Cc1ccccc1C(F)(F)F. The van der Waals surface area contributed by atoms with Crippen LogP contribution in [-0.4, -0.2) is 30.4 Å². The number of carbonyl (C=O) groups excluding carboxylic acids is 2. The number of nitrogens with one attached hydrogen (secondary N) is 2. The van der Waals surface area contributed by atoms with Crippen LogP contribution in [-0.2, 0) is 24.1 Å². The minimum Gasteiger partial charge on any atom is -0.334 e. The molecule has 2 aromatic rings. The molecule has 0 fully saturated rings. The van der Waals surface area contributed by atoms with Crippen LogP contribution in [0.4, 0.5) is 18.0 Å². The van der Waals surface area contributed by atoms with Gasteiger partial charge in [-0.2, -0.15) is 13.2 Å². The Hall–Kier alpha value is -2.87. The highest BCUT2D eigenvalue weighted by molar-refractivity contribution is 5.94. The lowest BCUT2D eigenvalue weighted by atomic mass is 10.1. The lowest BCUT2D eigenvalue weighted by Gasteiger charge is -2.19. The zero-order chi connectivity index (χ0) is 20.6. The summed E-state index contributed by atoms with van der Waals surface area (Å²) in [6.07, 6.45) is -4.44. The fourth-order valence-electron chi connectivity index (χ4n) is 2.61. The van der Waals surface area contributed by atoms with Crippen LogP contribution in [0, 0.1) is 0 Å². The molecule has 0 aliphatic carbocycles. The van der Waals surface area contributed by atoms with Crippen molar-refractivity contribution in [3.05, 3.63) is 71.3 Å². The molecule has 28 heavy (non-hydrogen) atoms. The molecule has 0 saturated heterocycles. The number of rotatable bonds is 7. The molecule has 0 aliphatic heterocycles. The third-order valence-electron chi connectivity index (χ3n) is 4.03. The van der Waals surface area contributed by atoms with Crippen LogP contribution in [0.25, 0.3) is 0 Å². The average molecular weight is 393 g/mol. The van der Waals surface area contributed by atoms with Crippen LogP contribution in [0.15, 0.2) is 54.6 Å². The Kier molecular flexibility index (Phi) is 7.57. The number of urea groups is 1. The minimum atomic E-state index is -4.42. The normalized spacial score (nSPS) is 11.3. The highest BCUT2D eigenvalue weighted by Crippen LogP contribution is 2.32. The molecule has 0 bridgehead atoms. The molecule has 0 saturated carbocycles. The van der Waals surface area contributed by atoms with Gasteiger partial charge in [-0.05, 0) is 24.2 Å². The summed E-state index contributed by atoms with van der Waals surface area (Å²) in [6, 6.07) is 13.9. The first-order valence-electron chi connectivity index (χ1n) is 8.71. The van der Waals surface area contributed by atoms with E-state index in [0.29, 0.717) is 0 Å². The zero-order valence-electron chi connectivity index (χ0n) is 15.4. The molecule has 8 heteroatoms. The smallest absolute Gasteiger partial charge is 0.334 e. The molecule has 0 aromatic heterocycles. The van der Waals surface area contributed by atoms with Gasteiger partial charge >= 0.3 is 12.2 Å². The van der Waals surface area contributed by atoms with Crippen molar-refractivity contribution in [3.8, 4) is 0 Å². The van der Waals surface area contributed by atoms with Crippen molar-refractivity contribution in [2.75, 3.05) is 13.6 Å². The topological polar surface area (TPSA) is 61.4 Å². The van der Waals surface area contributed by atoms with Crippen LogP contribution in [0.5, 0.6) is 0 Å². The van der Waals surface area contributed by atoms with Crippen LogP contribution >= 0.6 is 0 Å². The van der Waals surface area contributed by atoms with Crippen molar-refractivity contribution < 1.29 is 22.8 Å². The molecular formula is C20H22F3N3O2. The van der Waals surface area contributed by atoms with E-state index in [1.807, 2.05) is 30.3 Å². The second-order valence-corrected chi connectivity index (χ2v) is 6.36. The fourth-order valence-corrected chi connectivity index (χ4v) is 2.61. The number of amides is 3. The average Bonchev–Trinajstić information content (AvgIpc) is 2.65. The molecule has 0 spiro atoms. The molecule has 5 nitrogen and oxygen atoms in total. The Labute approximate surface area is 161 Å². The summed E-state index contributed by atoms with van der Waals surface area (Å²) < 4.78 is 39.1. The quantitative estimate of drug-likeness (QED) is 0.756. The van der Waals surface area contributed by atoms with Gasteiger partial charge in [-0.1, -0.05) is 48.5 Å². The van der Waals surface area contributed by atoms with E-state index in [4.69, 9.17) is 0 Å². The number of hydrogen-bond donors (Lipinski definition) is 2. The summed E-state index contributed by atoms with van der Waals surface area (Å²) in [5.74, 6) is -0.499.